The number of hydrogen-bond acceptors (Lipinski definition) is 4. The fourth-order valence-electron chi connectivity index (χ4n) is 4.32. The van der Waals surface area contributed by atoms with Crippen molar-refractivity contribution in [1.29, 1.82) is 0 Å². The first-order valence-corrected chi connectivity index (χ1v) is 11.6. The van der Waals surface area contributed by atoms with Crippen molar-refractivity contribution >= 4 is 40.1 Å². The van der Waals surface area contributed by atoms with E-state index in [1.807, 2.05) is 66.9 Å². The van der Waals surface area contributed by atoms with Gasteiger partial charge in [-0.1, -0.05) is 61.5 Å². The van der Waals surface area contributed by atoms with Gasteiger partial charge in [-0.05, 0) is 48.1 Å². The molecule has 0 spiro atoms. The van der Waals surface area contributed by atoms with E-state index >= 15 is 0 Å². The van der Waals surface area contributed by atoms with Crippen LogP contribution in [-0.2, 0) is 6.42 Å². The highest BCUT2D eigenvalue weighted by atomic mass is 32.1. The molecule has 5 aromatic rings. The van der Waals surface area contributed by atoms with Crippen LogP contribution in [0.1, 0.15) is 24.5 Å². The van der Waals surface area contributed by atoms with Crippen molar-refractivity contribution in [3.8, 4) is 11.6 Å². The fourth-order valence-corrected chi connectivity index (χ4v) is 4.60. The molecule has 0 saturated carbocycles. The van der Waals surface area contributed by atoms with Crippen molar-refractivity contribution < 1.29 is 5.11 Å². The summed E-state index contributed by atoms with van der Waals surface area (Å²) in [4.78, 5) is 23.4. The van der Waals surface area contributed by atoms with E-state index in [9.17, 15) is 9.90 Å². The molecular weight excluding hydrogens is 444 g/mol. The van der Waals surface area contributed by atoms with E-state index in [1.54, 1.807) is 0 Å². The molecule has 7 heteroatoms. The molecule has 0 aliphatic heterocycles. The van der Waals surface area contributed by atoms with Crippen LogP contribution in [0.5, 0.6) is 5.88 Å². The summed E-state index contributed by atoms with van der Waals surface area (Å²) >= 11 is 5.41. The first kappa shape index (κ1) is 21.9. The average molecular weight is 469 g/mol. The normalized spacial score (nSPS) is 12.6. The predicted octanol–water partition coefficient (Wildman–Crippen LogP) is 5.68. The Hall–Kier alpha value is -3.97. The largest absolute Gasteiger partial charge is 0.494 e. The summed E-state index contributed by atoms with van der Waals surface area (Å²) in [6.07, 6.45) is 4.98. The van der Waals surface area contributed by atoms with E-state index in [4.69, 9.17) is 12.2 Å². The van der Waals surface area contributed by atoms with Gasteiger partial charge in [-0.2, -0.15) is 0 Å². The van der Waals surface area contributed by atoms with Gasteiger partial charge in [-0.25, -0.2) is 0 Å². The van der Waals surface area contributed by atoms with Crippen LogP contribution in [0.4, 0.5) is 0 Å². The van der Waals surface area contributed by atoms with Crippen LogP contribution in [-0.4, -0.2) is 31.9 Å². The van der Waals surface area contributed by atoms with Gasteiger partial charge in [-0.15, -0.1) is 0 Å². The van der Waals surface area contributed by atoms with Gasteiger partial charge in [0.05, 0.1) is 11.7 Å². The van der Waals surface area contributed by atoms with Gasteiger partial charge < -0.3 is 10.1 Å². The summed E-state index contributed by atoms with van der Waals surface area (Å²) in [7, 11) is 0. The number of hydrogen-bond donors (Lipinski definition) is 3. The van der Waals surface area contributed by atoms with Gasteiger partial charge in [0.25, 0.3) is 5.56 Å². The zero-order chi connectivity index (χ0) is 23.7. The number of benzene rings is 3. The number of nitrogens with zero attached hydrogens (tertiary/aromatic N) is 2. The van der Waals surface area contributed by atoms with Crippen LogP contribution in [0, 0.1) is 4.77 Å². The van der Waals surface area contributed by atoms with Crippen molar-refractivity contribution in [2.45, 2.75) is 25.8 Å². The van der Waals surface area contributed by atoms with Gasteiger partial charge in [0.2, 0.25) is 5.88 Å². The van der Waals surface area contributed by atoms with Crippen LogP contribution in [0.15, 0.2) is 82.7 Å². The third-order valence-electron chi connectivity index (χ3n) is 6.14. The van der Waals surface area contributed by atoms with E-state index in [0.717, 1.165) is 29.1 Å². The Labute approximate surface area is 201 Å². The molecule has 0 radical (unpaired) electrons. The van der Waals surface area contributed by atoms with Crippen LogP contribution < -0.4 is 5.56 Å². The lowest BCUT2D eigenvalue weighted by Crippen LogP contribution is -2.19. The first-order chi connectivity index (χ1) is 16.6. The zero-order valence-electron chi connectivity index (χ0n) is 18.7. The Morgan fingerprint density at radius 3 is 2.62 bits per heavy atom. The Balaban J connectivity index is 1.54. The molecule has 170 valence electrons. The summed E-state index contributed by atoms with van der Waals surface area (Å²) in [5.41, 5.74) is 2.56. The SMILES string of the molecule is CCC(Cc1c[nH]c2ccccc12)N=Cc1c(O)n(-c2cccc3ccccc23)c(=S)[nH]c1=O. The van der Waals surface area contributed by atoms with Crippen LogP contribution >= 0.6 is 12.2 Å². The number of rotatable bonds is 6. The third kappa shape index (κ3) is 3.95. The summed E-state index contributed by atoms with van der Waals surface area (Å²) in [5, 5.41) is 14.2. The van der Waals surface area contributed by atoms with Gasteiger partial charge in [0.15, 0.2) is 4.77 Å². The standard InChI is InChI=1S/C27H24N4O2S/c1-2-19(14-18-15-29-23-12-6-5-10-20(18)23)28-16-22-25(32)30-27(34)31(26(22)33)24-13-7-9-17-8-3-4-11-21(17)24/h3-13,15-16,19,29,33H,2,14H2,1H3,(H,30,32,34). The first-order valence-electron chi connectivity index (χ1n) is 11.2. The molecular formula is C27H24N4O2S. The maximum atomic E-state index is 12.7. The number of nitrogens with one attached hydrogen (secondary N) is 2. The van der Waals surface area contributed by atoms with Gasteiger partial charge >= 0.3 is 0 Å². The number of aromatic nitrogens is 3. The molecule has 0 aliphatic carbocycles. The summed E-state index contributed by atoms with van der Waals surface area (Å²) in [5.74, 6) is -0.226. The maximum Gasteiger partial charge on any atom is 0.264 e. The smallest absolute Gasteiger partial charge is 0.264 e. The van der Waals surface area contributed by atoms with Crippen molar-refractivity contribution in [2.75, 3.05) is 0 Å². The number of H-pyrrole nitrogens is 2. The number of fused-ring (bicyclic) bond motifs is 2. The van der Waals surface area contributed by atoms with E-state index in [1.165, 1.54) is 21.7 Å². The van der Waals surface area contributed by atoms with Gasteiger partial charge in [0, 0.05) is 28.7 Å². The lowest BCUT2D eigenvalue weighted by Gasteiger charge is -2.14. The van der Waals surface area contributed by atoms with Crippen LogP contribution in [0.25, 0.3) is 27.4 Å². The quantitative estimate of drug-likeness (QED) is 0.221. The van der Waals surface area contributed by atoms with E-state index < -0.39 is 5.56 Å². The average Bonchev–Trinajstić information content (AvgIpc) is 3.26. The minimum absolute atomic E-state index is 0.0489. The highest BCUT2D eigenvalue weighted by molar-refractivity contribution is 7.71. The lowest BCUT2D eigenvalue weighted by atomic mass is 10.0. The topological polar surface area (TPSA) is 86.2 Å². The zero-order valence-corrected chi connectivity index (χ0v) is 19.5. The minimum atomic E-state index is -0.468. The van der Waals surface area contributed by atoms with Gasteiger partial charge in [-0.3, -0.25) is 19.3 Å². The molecule has 34 heavy (non-hydrogen) atoms. The molecule has 3 N–H and O–H groups in total. The molecule has 0 fully saturated rings. The van der Waals surface area contributed by atoms with Crippen LogP contribution in [0.3, 0.4) is 0 Å². The van der Waals surface area contributed by atoms with Crippen molar-refractivity contribution in [3.05, 3.63) is 99.2 Å². The van der Waals surface area contributed by atoms with Gasteiger partial charge in [0.1, 0.15) is 5.56 Å². The number of aromatic hydroxyl groups is 1. The molecule has 1 unspecified atom stereocenters. The van der Waals surface area contributed by atoms with E-state index in [0.29, 0.717) is 5.69 Å². The second kappa shape index (κ2) is 9.11. The summed E-state index contributed by atoms with van der Waals surface area (Å²) < 4.78 is 1.61. The number of para-hydroxylation sites is 1. The Kier molecular flexibility index (Phi) is 5.86. The lowest BCUT2D eigenvalue weighted by molar-refractivity contribution is 0.433. The second-order valence-electron chi connectivity index (χ2n) is 8.23. The molecule has 0 saturated heterocycles. The second-order valence-corrected chi connectivity index (χ2v) is 8.62. The Morgan fingerprint density at radius 1 is 1.06 bits per heavy atom. The molecule has 2 aromatic heterocycles. The van der Waals surface area contributed by atoms with Crippen LogP contribution in [0.2, 0.25) is 0 Å². The highest BCUT2D eigenvalue weighted by Crippen LogP contribution is 2.27. The minimum Gasteiger partial charge on any atom is -0.494 e. The molecule has 1 atom stereocenters. The fraction of sp³-hybridized carbons (Fsp3) is 0.148. The molecule has 0 bridgehead atoms. The summed E-state index contributed by atoms with van der Waals surface area (Å²) in [6, 6.07) is 21.7. The highest BCUT2D eigenvalue weighted by Gasteiger charge is 2.16. The molecule has 5 rings (SSSR count). The van der Waals surface area contributed by atoms with E-state index in [2.05, 4.69) is 28.0 Å². The van der Waals surface area contributed by atoms with Crippen molar-refractivity contribution in [3.63, 3.8) is 0 Å². The van der Waals surface area contributed by atoms with E-state index in [-0.39, 0.29) is 22.3 Å². The Morgan fingerprint density at radius 2 is 1.79 bits per heavy atom. The molecule has 3 aromatic carbocycles. The maximum absolute atomic E-state index is 12.7. The van der Waals surface area contributed by atoms with Crippen molar-refractivity contribution in [1.82, 2.24) is 14.5 Å². The summed E-state index contributed by atoms with van der Waals surface area (Å²) in [6.45, 7) is 2.06. The third-order valence-corrected chi connectivity index (χ3v) is 6.43. The number of aromatic amines is 2. The Bertz CT molecular complexity index is 1640. The number of aliphatic imine (C=N–C) groups is 1. The predicted molar refractivity (Wildman–Crippen MR) is 140 cm³/mol. The molecule has 2 heterocycles. The van der Waals surface area contributed by atoms with Crippen molar-refractivity contribution in [2.24, 2.45) is 4.99 Å². The molecule has 0 amide bonds. The molecule has 6 nitrogen and oxygen atoms in total. The monoisotopic (exact) mass is 468 g/mol. The molecule has 0 aliphatic rings.